The third kappa shape index (κ3) is 7.66. The molecule has 54 heavy (non-hydrogen) atoms. The Kier molecular flexibility index (Phi) is 12.1. The van der Waals surface area contributed by atoms with Crippen LogP contribution in [0.15, 0.2) is 0 Å². The van der Waals surface area contributed by atoms with Crippen LogP contribution < -0.4 is 5.32 Å². The highest BCUT2D eigenvalue weighted by Crippen LogP contribution is 2.88. The molecule has 2 heterocycles. The molecule has 6 atom stereocenters. The van der Waals surface area contributed by atoms with E-state index in [1.54, 1.807) is 0 Å². The quantitative estimate of drug-likeness (QED) is 0.165. The van der Waals surface area contributed by atoms with Gasteiger partial charge >= 0.3 is 0 Å². The Morgan fingerprint density at radius 2 is 1.48 bits per heavy atom. The van der Waals surface area contributed by atoms with Gasteiger partial charge in [-0.25, -0.2) is 0 Å². The number of carbonyl (C=O) groups excluding carboxylic acids is 6. The van der Waals surface area contributed by atoms with Crippen LogP contribution in [0.5, 0.6) is 0 Å². The lowest BCUT2D eigenvalue weighted by molar-refractivity contribution is -0.147. The first-order valence-corrected chi connectivity index (χ1v) is 21.9. The lowest BCUT2D eigenvalue weighted by Gasteiger charge is -2.38. The fraction of sp³-hybridized carbons (Fsp3) is 0.867. The molecule has 2 amide bonds. The summed E-state index contributed by atoms with van der Waals surface area (Å²) < 4.78 is 0. The molecule has 9 heteroatoms. The molecule has 9 nitrogen and oxygen atoms in total. The molecule has 2 aliphatic heterocycles. The SMILES string of the molecule is CCC[C@H](CC(=O)[C@@H]1C[C@@]2(CN1C(=O)[C@@H](CC(=O)[C@@H](NC(=O)[C@H]1CCCCN1C)C1CCCCC1)C(C)(C)C)C(C)(C)C21CCC1)C(=O)C(=O)CC1CC1. The van der Waals surface area contributed by atoms with Gasteiger partial charge in [0.1, 0.15) is 0 Å². The Morgan fingerprint density at radius 3 is 2.04 bits per heavy atom. The Balaban J connectivity index is 1.25. The van der Waals surface area contributed by atoms with Crippen molar-refractivity contribution in [2.75, 3.05) is 20.1 Å². The van der Waals surface area contributed by atoms with Crippen LogP contribution in [0.3, 0.4) is 0 Å². The number of Topliss-reactive ketones (excluding diaryl/α,β-unsaturated/α-hetero) is 4. The molecule has 4 aliphatic carbocycles. The summed E-state index contributed by atoms with van der Waals surface area (Å²) in [6, 6.07) is -1.57. The molecule has 6 aliphatic rings. The largest absolute Gasteiger partial charge is 0.345 e. The van der Waals surface area contributed by atoms with Crippen LogP contribution in [-0.2, 0) is 28.8 Å². The first-order chi connectivity index (χ1) is 25.5. The lowest BCUT2D eigenvalue weighted by Crippen LogP contribution is -2.55. The summed E-state index contributed by atoms with van der Waals surface area (Å²) in [5, 5.41) is 3.24. The van der Waals surface area contributed by atoms with E-state index in [4.69, 9.17) is 0 Å². The van der Waals surface area contributed by atoms with E-state index in [0.717, 1.165) is 90.0 Å². The van der Waals surface area contributed by atoms with E-state index in [1.165, 1.54) is 0 Å². The second kappa shape index (κ2) is 15.8. The molecule has 0 aromatic carbocycles. The Bertz CT molecular complexity index is 1470. The highest BCUT2D eigenvalue weighted by Gasteiger charge is 2.85. The number of nitrogens with one attached hydrogen (secondary N) is 1. The highest BCUT2D eigenvalue weighted by molar-refractivity contribution is 6.38. The number of ketones is 4. The van der Waals surface area contributed by atoms with Gasteiger partial charge in [-0.05, 0) is 106 Å². The van der Waals surface area contributed by atoms with Crippen LogP contribution in [0, 0.1) is 45.3 Å². The van der Waals surface area contributed by atoms with Gasteiger partial charge in [-0.3, -0.25) is 33.7 Å². The van der Waals surface area contributed by atoms with E-state index in [2.05, 4.69) is 24.1 Å². The van der Waals surface area contributed by atoms with Gasteiger partial charge in [0.05, 0.1) is 18.1 Å². The summed E-state index contributed by atoms with van der Waals surface area (Å²) in [6.45, 7) is 13.9. The second-order valence-corrected chi connectivity index (χ2v) is 20.4. The number of rotatable bonds is 16. The Morgan fingerprint density at radius 1 is 0.815 bits per heavy atom. The molecule has 0 bridgehead atoms. The number of likely N-dealkylation sites (tertiary alicyclic amines) is 2. The van der Waals surface area contributed by atoms with Crippen molar-refractivity contribution >= 4 is 34.9 Å². The van der Waals surface area contributed by atoms with Crippen LogP contribution >= 0.6 is 0 Å². The molecule has 2 saturated heterocycles. The van der Waals surface area contributed by atoms with Crippen molar-refractivity contribution in [1.29, 1.82) is 0 Å². The van der Waals surface area contributed by atoms with Gasteiger partial charge < -0.3 is 10.2 Å². The van der Waals surface area contributed by atoms with Crippen molar-refractivity contribution in [2.24, 2.45) is 45.3 Å². The maximum atomic E-state index is 15.2. The predicted octanol–water partition coefficient (Wildman–Crippen LogP) is 7.27. The smallest absolute Gasteiger partial charge is 0.237 e. The number of fused-ring (bicyclic) bond motifs is 1. The fourth-order valence-corrected chi connectivity index (χ4v) is 12.0. The van der Waals surface area contributed by atoms with E-state index in [-0.39, 0.29) is 76.6 Å². The molecule has 6 fully saturated rings. The number of nitrogens with zero attached hydrogens (tertiary/aromatic N) is 2. The van der Waals surface area contributed by atoms with Gasteiger partial charge in [0.15, 0.2) is 17.3 Å². The highest BCUT2D eigenvalue weighted by atomic mass is 16.2. The summed E-state index contributed by atoms with van der Waals surface area (Å²) >= 11 is 0. The molecule has 2 spiro atoms. The van der Waals surface area contributed by atoms with E-state index < -0.39 is 35.1 Å². The van der Waals surface area contributed by atoms with Crippen molar-refractivity contribution in [3.05, 3.63) is 0 Å². The van der Waals surface area contributed by atoms with E-state index in [9.17, 15) is 24.0 Å². The summed E-state index contributed by atoms with van der Waals surface area (Å²) in [5.74, 6) is -2.20. The fourth-order valence-electron chi connectivity index (χ4n) is 12.0. The summed E-state index contributed by atoms with van der Waals surface area (Å²) in [5.41, 5.74) is -0.691. The number of piperidine rings is 1. The molecule has 0 unspecified atom stereocenters. The molecule has 0 aromatic heterocycles. The van der Waals surface area contributed by atoms with Crippen molar-refractivity contribution in [1.82, 2.24) is 15.1 Å². The maximum Gasteiger partial charge on any atom is 0.237 e. The average molecular weight is 750 g/mol. The standard InChI is InChI=1S/C45H71N3O6/c1-8-15-31(39(52)37(51)24-29-19-20-29)25-35(49)34-27-45(43(5,6)44(45)21-14-22-44)28-48(34)41(54)32(42(2,3)4)26-36(50)38(30-16-10-9-11-17-30)46-40(53)33-18-12-13-23-47(33)7/h29-34,38H,8-28H2,1-7H3,(H,46,53)/t31-,32-,33-,34+,38+,45-/m1/s1. The summed E-state index contributed by atoms with van der Waals surface area (Å²) in [6.07, 6.45) is 15.1. The zero-order valence-corrected chi connectivity index (χ0v) is 34.7. The third-order valence-corrected chi connectivity index (χ3v) is 16.0. The minimum atomic E-state index is -0.682. The Labute approximate surface area is 325 Å². The topological polar surface area (TPSA) is 121 Å². The van der Waals surface area contributed by atoms with Gasteiger partial charge in [-0.2, -0.15) is 0 Å². The molecular formula is C45H71N3O6. The van der Waals surface area contributed by atoms with E-state index in [0.29, 0.717) is 31.7 Å². The molecular weight excluding hydrogens is 679 g/mol. The van der Waals surface area contributed by atoms with Gasteiger partial charge in [-0.15, -0.1) is 0 Å². The van der Waals surface area contributed by atoms with Gasteiger partial charge in [0.2, 0.25) is 17.6 Å². The number of hydrogen-bond acceptors (Lipinski definition) is 7. The maximum absolute atomic E-state index is 15.2. The Hall–Kier alpha value is -2.42. The molecule has 0 aromatic rings. The number of likely N-dealkylation sites (N-methyl/N-ethyl adjacent to an activating group) is 1. The van der Waals surface area contributed by atoms with Crippen molar-refractivity contribution < 1.29 is 28.8 Å². The van der Waals surface area contributed by atoms with Crippen LogP contribution in [-0.4, -0.2) is 83.0 Å². The second-order valence-electron chi connectivity index (χ2n) is 20.4. The summed E-state index contributed by atoms with van der Waals surface area (Å²) in [7, 11) is 1.98. The molecule has 302 valence electrons. The minimum Gasteiger partial charge on any atom is -0.345 e. The monoisotopic (exact) mass is 750 g/mol. The van der Waals surface area contributed by atoms with Crippen molar-refractivity contribution in [3.63, 3.8) is 0 Å². The zero-order valence-electron chi connectivity index (χ0n) is 34.7. The molecule has 6 rings (SSSR count). The summed E-state index contributed by atoms with van der Waals surface area (Å²) in [4.78, 5) is 88.5. The van der Waals surface area contributed by atoms with E-state index >= 15 is 4.79 Å². The molecule has 1 N–H and O–H groups in total. The van der Waals surface area contributed by atoms with E-state index in [1.807, 2.05) is 39.6 Å². The number of carbonyl (C=O) groups is 6. The normalized spacial score (nSPS) is 29.6. The number of amides is 2. The van der Waals surface area contributed by atoms with Crippen molar-refractivity contribution in [2.45, 2.75) is 182 Å². The average Bonchev–Trinajstić information content (AvgIpc) is 3.93. The minimum absolute atomic E-state index is 0.00977. The molecule has 0 radical (unpaired) electrons. The molecule has 4 saturated carbocycles. The van der Waals surface area contributed by atoms with Crippen LogP contribution in [0.4, 0.5) is 0 Å². The van der Waals surface area contributed by atoms with Crippen LogP contribution in [0.25, 0.3) is 0 Å². The van der Waals surface area contributed by atoms with Gasteiger partial charge in [0, 0.05) is 43.1 Å². The zero-order chi connectivity index (χ0) is 39.2. The first kappa shape index (κ1) is 41.2. The first-order valence-electron chi connectivity index (χ1n) is 21.9. The van der Waals surface area contributed by atoms with Crippen molar-refractivity contribution in [3.8, 4) is 0 Å². The predicted molar refractivity (Wildman–Crippen MR) is 209 cm³/mol. The van der Waals surface area contributed by atoms with Gasteiger partial charge in [0.25, 0.3) is 0 Å². The van der Waals surface area contributed by atoms with Gasteiger partial charge in [-0.1, -0.05) is 80.1 Å². The lowest BCUT2D eigenvalue weighted by atomic mass is 9.73. The number of hydrogen-bond donors (Lipinski definition) is 1. The van der Waals surface area contributed by atoms with Crippen LogP contribution in [0.2, 0.25) is 0 Å². The van der Waals surface area contributed by atoms with Crippen LogP contribution in [0.1, 0.15) is 164 Å². The third-order valence-electron chi connectivity index (χ3n) is 16.0.